The minimum absolute atomic E-state index is 0.151. The number of esters is 1. The van der Waals surface area contributed by atoms with Gasteiger partial charge in [-0.3, -0.25) is 14.4 Å². The van der Waals surface area contributed by atoms with Gasteiger partial charge in [0.1, 0.15) is 0 Å². The Balaban J connectivity index is 1.21. The monoisotopic (exact) mass is 433 g/mol. The van der Waals surface area contributed by atoms with Crippen molar-refractivity contribution in [3.63, 3.8) is 0 Å². The van der Waals surface area contributed by atoms with E-state index in [0.717, 1.165) is 6.42 Å². The van der Waals surface area contributed by atoms with E-state index in [1.165, 1.54) is 22.3 Å². The third-order valence-electron chi connectivity index (χ3n) is 7.13. The minimum Gasteiger partial charge on any atom is -0.454 e. The second-order valence-electron chi connectivity index (χ2n) is 8.69. The molecule has 0 radical (unpaired) electrons. The number of thiophene rings is 1. The lowest BCUT2D eigenvalue weighted by Gasteiger charge is -2.37. The van der Waals surface area contributed by atoms with E-state index >= 15 is 0 Å². The summed E-state index contributed by atoms with van der Waals surface area (Å²) in [5.74, 6) is -0.464. The normalized spacial score (nSPS) is 32.1. The highest BCUT2D eigenvalue weighted by Crippen LogP contribution is 2.65. The van der Waals surface area contributed by atoms with Gasteiger partial charge in [-0.1, -0.05) is 24.3 Å². The summed E-state index contributed by atoms with van der Waals surface area (Å²) in [6, 6.07) is 9.78. The van der Waals surface area contributed by atoms with Gasteiger partial charge in [-0.25, -0.2) is 9.69 Å². The van der Waals surface area contributed by atoms with Crippen molar-refractivity contribution in [2.45, 2.75) is 6.42 Å². The highest BCUT2D eigenvalue weighted by atomic mass is 32.1. The number of imide groups is 1. The highest BCUT2D eigenvalue weighted by molar-refractivity contribution is 7.12. The lowest BCUT2D eigenvalue weighted by molar-refractivity contribution is -0.124. The number of amides is 2. The molecule has 2 bridgehead atoms. The Labute approximate surface area is 182 Å². The smallest absolute Gasteiger partial charge is 0.338 e. The Hall–Kier alpha value is -3.06. The number of ketones is 1. The number of benzene rings is 1. The van der Waals surface area contributed by atoms with E-state index in [1.54, 1.807) is 35.7 Å². The van der Waals surface area contributed by atoms with Crippen LogP contribution in [0.1, 0.15) is 26.5 Å². The van der Waals surface area contributed by atoms with Crippen molar-refractivity contribution in [2.24, 2.45) is 35.5 Å². The maximum atomic E-state index is 13.2. The average molecular weight is 433 g/mol. The first-order valence-electron chi connectivity index (χ1n) is 10.4. The summed E-state index contributed by atoms with van der Waals surface area (Å²) in [5, 5.41) is 1.78. The van der Waals surface area contributed by atoms with Crippen LogP contribution in [-0.2, 0) is 14.3 Å². The quantitative estimate of drug-likeness (QED) is 0.313. The molecule has 5 aliphatic rings. The van der Waals surface area contributed by atoms with E-state index in [-0.39, 0.29) is 53.4 Å². The molecule has 4 aliphatic carbocycles. The molecule has 2 aromatic rings. The predicted octanol–water partition coefficient (Wildman–Crippen LogP) is 3.35. The van der Waals surface area contributed by atoms with Crippen molar-refractivity contribution in [3.8, 4) is 0 Å². The maximum absolute atomic E-state index is 13.2. The molecule has 2 heterocycles. The second-order valence-corrected chi connectivity index (χ2v) is 9.64. The summed E-state index contributed by atoms with van der Waals surface area (Å²) in [6.07, 6.45) is 5.38. The van der Waals surface area contributed by atoms with E-state index < -0.39 is 5.97 Å². The standard InChI is InChI=1S/C24H19NO5S/c26-18(19-5-2-8-31-19)11-30-24(29)12-3-1-4-13(9-12)25-22(27)20-14-6-7-15(17-10-16(14)17)21(20)23(25)28/h1-9,14-17,20-21H,10-11H2/t14-,15-,16-,17-,20+,21+/m0/s1. The van der Waals surface area contributed by atoms with E-state index in [4.69, 9.17) is 4.74 Å². The van der Waals surface area contributed by atoms with Gasteiger partial charge in [0.2, 0.25) is 17.6 Å². The molecular formula is C24H19NO5S. The molecule has 6 atom stereocenters. The van der Waals surface area contributed by atoms with Gasteiger partial charge in [0, 0.05) is 0 Å². The molecule has 2 amide bonds. The van der Waals surface area contributed by atoms with Crippen molar-refractivity contribution < 1.29 is 23.9 Å². The van der Waals surface area contributed by atoms with Crippen LogP contribution in [0.25, 0.3) is 0 Å². The summed E-state index contributed by atoms with van der Waals surface area (Å²) in [6.45, 7) is -0.354. The number of hydrogen-bond donors (Lipinski definition) is 0. The van der Waals surface area contributed by atoms with Gasteiger partial charge in [0.25, 0.3) is 0 Å². The molecule has 7 heteroatoms. The van der Waals surface area contributed by atoms with Crippen LogP contribution in [-0.4, -0.2) is 30.2 Å². The highest BCUT2D eigenvalue weighted by Gasteiger charge is 2.67. The van der Waals surface area contributed by atoms with Crippen molar-refractivity contribution in [1.29, 1.82) is 0 Å². The average Bonchev–Trinajstić information content (AvgIpc) is 3.35. The fraction of sp³-hybridized carbons (Fsp3) is 0.333. The number of anilines is 1. The zero-order valence-corrected chi connectivity index (χ0v) is 17.3. The molecule has 0 N–H and O–H groups in total. The Bertz CT molecular complexity index is 1120. The van der Waals surface area contributed by atoms with Crippen LogP contribution in [0.2, 0.25) is 0 Å². The summed E-state index contributed by atoms with van der Waals surface area (Å²) < 4.78 is 5.16. The van der Waals surface area contributed by atoms with E-state index in [9.17, 15) is 19.2 Å². The molecule has 0 spiro atoms. The molecule has 31 heavy (non-hydrogen) atoms. The molecular weight excluding hydrogens is 414 g/mol. The number of Topliss-reactive ketones (excluding diaryl/α,β-unsaturated/α-hetero) is 1. The molecule has 156 valence electrons. The predicted molar refractivity (Wildman–Crippen MR) is 113 cm³/mol. The first kappa shape index (κ1) is 18.7. The Morgan fingerprint density at radius 2 is 1.71 bits per heavy atom. The summed E-state index contributed by atoms with van der Waals surface area (Å²) >= 11 is 1.29. The Morgan fingerprint density at radius 1 is 1.00 bits per heavy atom. The molecule has 1 aliphatic heterocycles. The number of hydrogen-bond acceptors (Lipinski definition) is 6. The largest absolute Gasteiger partial charge is 0.454 e. The third kappa shape index (κ3) is 2.76. The van der Waals surface area contributed by atoms with Crippen LogP contribution in [0.5, 0.6) is 0 Å². The lowest BCUT2D eigenvalue weighted by Crippen LogP contribution is -2.40. The summed E-state index contributed by atoms with van der Waals surface area (Å²) in [7, 11) is 0. The van der Waals surface area contributed by atoms with Crippen molar-refractivity contribution >= 4 is 40.6 Å². The minimum atomic E-state index is -0.661. The topological polar surface area (TPSA) is 80.8 Å². The Morgan fingerprint density at radius 3 is 2.35 bits per heavy atom. The van der Waals surface area contributed by atoms with Gasteiger partial charge in [-0.15, -0.1) is 11.3 Å². The first-order chi connectivity index (χ1) is 15.0. The molecule has 1 saturated heterocycles. The number of ether oxygens (including phenoxy) is 1. The summed E-state index contributed by atoms with van der Waals surface area (Å²) in [4.78, 5) is 52.8. The molecule has 7 rings (SSSR count). The lowest BCUT2D eigenvalue weighted by atomic mass is 9.63. The molecule has 0 unspecified atom stereocenters. The van der Waals surface area contributed by atoms with Crippen LogP contribution in [0.4, 0.5) is 5.69 Å². The van der Waals surface area contributed by atoms with Gasteiger partial charge < -0.3 is 4.74 Å². The first-order valence-corrected chi connectivity index (χ1v) is 11.3. The molecule has 6 nitrogen and oxygen atoms in total. The fourth-order valence-electron chi connectivity index (χ4n) is 5.71. The molecule has 3 fully saturated rings. The van der Waals surface area contributed by atoms with E-state index in [1.807, 2.05) is 0 Å². The molecule has 1 aromatic heterocycles. The number of carbonyl (C=O) groups is 4. The SMILES string of the molecule is O=C(OCC(=O)c1cccs1)c1cccc(N2C(=O)[C@@H]3[C@H]4C=C[C@@H]([C@@H]5C[C@@H]45)[C@H]3C2=O)c1. The number of rotatable bonds is 5. The van der Waals surface area contributed by atoms with Crippen LogP contribution in [0, 0.1) is 35.5 Å². The van der Waals surface area contributed by atoms with Gasteiger partial charge in [0.15, 0.2) is 6.61 Å². The van der Waals surface area contributed by atoms with Gasteiger partial charge in [0.05, 0.1) is 28.0 Å². The summed E-state index contributed by atoms with van der Waals surface area (Å²) in [5.41, 5.74) is 0.590. The van der Waals surface area contributed by atoms with Crippen LogP contribution < -0.4 is 4.90 Å². The van der Waals surface area contributed by atoms with Crippen LogP contribution in [0.15, 0.2) is 53.9 Å². The van der Waals surface area contributed by atoms with Gasteiger partial charge in [-0.2, -0.15) is 0 Å². The zero-order chi connectivity index (χ0) is 21.3. The van der Waals surface area contributed by atoms with E-state index in [2.05, 4.69) is 12.2 Å². The number of carbonyl (C=O) groups excluding carboxylic acids is 4. The van der Waals surface area contributed by atoms with Crippen molar-refractivity contribution in [1.82, 2.24) is 0 Å². The maximum Gasteiger partial charge on any atom is 0.338 e. The van der Waals surface area contributed by atoms with Crippen LogP contribution in [0.3, 0.4) is 0 Å². The molecule has 1 aromatic carbocycles. The van der Waals surface area contributed by atoms with Gasteiger partial charge >= 0.3 is 5.97 Å². The third-order valence-corrected chi connectivity index (χ3v) is 8.04. The van der Waals surface area contributed by atoms with Gasteiger partial charge in [-0.05, 0) is 59.7 Å². The van der Waals surface area contributed by atoms with Crippen molar-refractivity contribution in [2.75, 3.05) is 11.5 Å². The van der Waals surface area contributed by atoms with Crippen molar-refractivity contribution in [3.05, 3.63) is 64.4 Å². The second kappa shape index (κ2) is 6.72. The fourth-order valence-corrected chi connectivity index (χ4v) is 6.36. The van der Waals surface area contributed by atoms with E-state index in [0.29, 0.717) is 22.4 Å². The Kier molecular flexibility index (Phi) is 4.05. The van der Waals surface area contributed by atoms with Crippen LogP contribution >= 0.6 is 11.3 Å². The number of nitrogens with zero attached hydrogens (tertiary/aromatic N) is 1. The number of allylic oxidation sites excluding steroid dienone is 2. The zero-order valence-electron chi connectivity index (χ0n) is 16.5. The molecule has 2 saturated carbocycles.